The van der Waals surface area contributed by atoms with Crippen LogP contribution in [-0.2, 0) is 4.79 Å². The molecule has 0 radical (unpaired) electrons. The lowest BCUT2D eigenvalue weighted by atomic mass is 9.88. The molecule has 0 saturated heterocycles. The second-order valence-corrected chi connectivity index (χ2v) is 6.82. The summed E-state index contributed by atoms with van der Waals surface area (Å²) in [6, 6.07) is 0. The molecule has 0 N–H and O–H groups in total. The Morgan fingerprint density at radius 2 is 1.33 bits per heavy atom. The van der Waals surface area contributed by atoms with E-state index in [1.54, 1.807) is 0 Å². The predicted molar refractivity (Wildman–Crippen MR) is 104 cm³/mol. The van der Waals surface area contributed by atoms with Crippen LogP contribution in [0.3, 0.4) is 0 Å². The van der Waals surface area contributed by atoms with Crippen molar-refractivity contribution in [2.45, 2.75) is 78.3 Å². The Hall–Kier alpha value is -1.44. The Morgan fingerprint density at radius 1 is 0.833 bits per heavy atom. The molecule has 0 aliphatic rings. The van der Waals surface area contributed by atoms with E-state index >= 15 is 0 Å². The van der Waals surface area contributed by atoms with Crippen LogP contribution in [0.4, 0.5) is 4.39 Å². The number of halogens is 1. The normalized spacial score (nSPS) is 14.5. The highest BCUT2D eigenvalue weighted by molar-refractivity contribution is 5.57. The molecule has 0 aromatic rings. The highest BCUT2D eigenvalue weighted by Gasteiger charge is 2.18. The SMILES string of the molecule is CC/C=C\C/C=C\C/C=C\C/C=C\CCC(F)CCC(C)(C)C=O. The summed E-state index contributed by atoms with van der Waals surface area (Å²) in [7, 11) is 0. The van der Waals surface area contributed by atoms with E-state index in [9.17, 15) is 9.18 Å². The molecule has 0 rings (SSSR count). The molecule has 0 saturated carbocycles. The first-order valence-corrected chi connectivity index (χ1v) is 9.22. The fourth-order valence-corrected chi connectivity index (χ4v) is 2.11. The van der Waals surface area contributed by atoms with E-state index in [0.717, 1.165) is 38.4 Å². The third-order valence-corrected chi connectivity index (χ3v) is 3.79. The molecule has 136 valence electrons. The maximum atomic E-state index is 13.7. The third kappa shape index (κ3) is 15.5. The van der Waals surface area contributed by atoms with Crippen molar-refractivity contribution in [3.8, 4) is 0 Å². The van der Waals surface area contributed by atoms with Gasteiger partial charge in [0.1, 0.15) is 12.5 Å². The summed E-state index contributed by atoms with van der Waals surface area (Å²) in [6.45, 7) is 5.85. The number of hydrogen-bond acceptors (Lipinski definition) is 1. The van der Waals surface area contributed by atoms with Crippen molar-refractivity contribution >= 4 is 6.29 Å². The van der Waals surface area contributed by atoms with E-state index in [1.807, 2.05) is 19.9 Å². The second kappa shape index (κ2) is 15.1. The minimum absolute atomic E-state index is 0.397. The summed E-state index contributed by atoms with van der Waals surface area (Å²) in [5, 5.41) is 0. The van der Waals surface area contributed by atoms with E-state index in [1.165, 1.54) is 0 Å². The van der Waals surface area contributed by atoms with E-state index < -0.39 is 11.6 Å². The zero-order chi connectivity index (χ0) is 18.1. The average molecular weight is 335 g/mol. The van der Waals surface area contributed by atoms with Gasteiger partial charge in [-0.15, -0.1) is 0 Å². The Morgan fingerprint density at radius 3 is 1.83 bits per heavy atom. The highest BCUT2D eigenvalue weighted by atomic mass is 19.1. The summed E-state index contributed by atoms with van der Waals surface area (Å²) in [5.74, 6) is 0. The van der Waals surface area contributed by atoms with Crippen molar-refractivity contribution < 1.29 is 9.18 Å². The van der Waals surface area contributed by atoms with Gasteiger partial charge in [-0.25, -0.2) is 4.39 Å². The number of allylic oxidation sites excluding steroid dienone is 8. The summed E-state index contributed by atoms with van der Waals surface area (Å²) in [5.41, 5.74) is -0.397. The number of carbonyl (C=O) groups excluding carboxylic acids is 1. The lowest BCUT2D eigenvalue weighted by molar-refractivity contribution is -0.115. The summed E-state index contributed by atoms with van der Waals surface area (Å²) in [6.07, 6.45) is 23.6. The summed E-state index contributed by atoms with van der Waals surface area (Å²) in [4.78, 5) is 10.8. The van der Waals surface area contributed by atoms with Gasteiger partial charge in [0.2, 0.25) is 0 Å². The molecule has 0 fully saturated rings. The first kappa shape index (κ1) is 22.6. The smallest absolute Gasteiger partial charge is 0.125 e. The molecule has 1 unspecified atom stereocenters. The van der Waals surface area contributed by atoms with E-state index in [-0.39, 0.29) is 0 Å². The van der Waals surface area contributed by atoms with Crippen molar-refractivity contribution in [1.82, 2.24) is 0 Å². The van der Waals surface area contributed by atoms with Crippen LogP contribution in [0.5, 0.6) is 0 Å². The lowest BCUT2D eigenvalue weighted by Crippen LogP contribution is -2.15. The molecule has 0 amide bonds. The van der Waals surface area contributed by atoms with Gasteiger partial charge in [0.05, 0.1) is 0 Å². The van der Waals surface area contributed by atoms with E-state index in [0.29, 0.717) is 19.3 Å². The van der Waals surface area contributed by atoms with Crippen molar-refractivity contribution in [2.75, 3.05) is 0 Å². The van der Waals surface area contributed by atoms with Gasteiger partial charge < -0.3 is 4.79 Å². The third-order valence-electron chi connectivity index (χ3n) is 3.79. The van der Waals surface area contributed by atoms with Crippen LogP contribution in [-0.4, -0.2) is 12.5 Å². The van der Waals surface area contributed by atoms with Crippen molar-refractivity contribution in [3.05, 3.63) is 48.6 Å². The second-order valence-electron chi connectivity index (χ2n) is 6.82. The van der Waals surface area contributed by atoms with Gasteiger partial charge in [0.25, 0.3) is 0 Å². The molecule has 2 heteroatoms. The van der Waals surface area contributed by atoms with Gasteiger partial charge in [-0.2, -0.15) is 0 Å². The minimum atomic E-state index is -0.809. The van der Waals surface area contributed by atoms with Crippen molar-refractivity contribution in [3.63, 3.8) is 0 Å². The van der Waals surface area contributed by atoms with Crippen LogP contribution in [0.1, 0.15) is 72.1 Å². The summed E-state index contributed by atoms with van der Waals surface area (Å²) < 4.78 is 13.7. The Labute approximate surface area is 148 Å². The van der Waals surface area contributed by atoms with Crippen LogP contribution in [0.2, 0.25) is 0 Å². The topological polar surface area (TPSA) is 17.1 Å². The Balaban J connectivity index is 3.63. The fraction of sp³-hybridized carbons (Fsp3) is 0.591. The molecule has 0 spiro atoms. The quantitative estimate of drug-likeness (QED) is 0.249. The van der Waals surface area contributed by atoms with E-state index in [4.69, 9.17) is 0 Å². The Kier molecular flexibility index (Phi) is 14.2. The maximum Gasteiger partial charge on any atom is 0.125 e. The number of alkyl halides is 1. The van der Waals surface area contributed by atoms with E-state index in [2.05, 4.69) is 49.5 Å². The molecule has 0 aromatic carbocycles. The Bertz CT molecular complexity index is 416. The van der Waals surface area contributed by atoms with Crippen LogP contribution >= 0.6 is 0 Å². The average Bonchev–Trinajstić information content (AvgIpc) is 2.57. The molecule has 0 aromatic heterocycles. The first-order valence-electron chi connectivity index (χ1n) is 9.22. The standard InChI is InChI=1S/C22H35FO/c1-4-5-6-7-8-9-10-11-12-13-14-15-16-17-21(23)18-19-22(2,3)20-24/h5-6,8-9,11-12,14-15,20-21H,4,7,10,13,16-19H2,1-3H3/b6-5-,9-8-,12-11-,15-14-. The molecule has 0 heterocycles. The molecule has 24 heavy (non-hydrogen) atoms. The molecule has 1 atom stereocenters. The molecular weight excluding hydrogens is 299 g/mol. The molecule has 1 nitrogen and oxygen atoms in total. The lowest BCUT2D eigenvalue weighted by Gasteiger charge is -2.17. The number of carbonyl (C=O) groups is 1. The number of rotatable bonds is 14. The molecule has 0 bridgehead atoms. The zero-order valence-electron chi connectivity index (χ0n) is 15.7. The van der Waals surface area contributed by atoms with Gasteiger partial charge >= 0.3 is 0 Å². The van der Waals surface area contributed by atoms with Crippen LogP contribution < -0.4 is 0 Å². The van der Waals surface area contributed by atoms with Crippen molar-refractivity contribution in [1.29, 1.82) is 0 Å². The molecule has 0 aliphatic carbocycles. The van der Waals surface area contributed by atoms with Gasteiger partial charge in [-0.05, 0) is 51.4 Å². The van der Waals surface area contributed by atoms with Gasteiger partial charge in [-0.1, -0.05) is 69.4 Å². The van der Waals surface area contributed by atoms with Gasteiger partial charge in [0, 0.05) is 5.41 Å². The largest absolute Gasteiger partial charge is 0.303 e. The van der Waals surface area contributed by atoms with Crippen LogP contribution in [0.15, 0.2) is 48.6 Å². The highest BCUT2D eigenvalue weighted by Crippen LogP contribution is 2.22. The van der Waals surface area contributed by atoms with Gasteiger partial charge in [0.15, 0.2) is 0 Å². The zero-order valence-corrected chi connectivity index (χ0v) is 15.7. The minimum Gasteiger partial charge on any atom is -0.303 e. The van der Waals surface area contributed by atoms with Crippen molar-refractivity contribution in [2.24, 2.45) is 5.41 Å². The number of aldehydes is 1. The monoisotopic (exact) mass is 334 g/mol. The summed E-state index contributed by atoms with van der Waals surface area (Å²) >= 11 is 0. The predicted octanol–water partition coefficient (Wildman–Crippen LogP) is 6.92. The van der Waals surface area contributed by atoms with Crippen LogP contribution in [0.25, 0.3) is 0 Å². The number of hydrogen-bond donors (Lipinski definition) is 0. The van der Waals surface area contributed by atoms with Crippen LogP contribution in [0, 0.1) is 5.41 Å². The molecular formula is C22H35FO. The van der Waals surface area contributed by atoms with Gasteiger partial charge in [-0.3, -0.25) is 0 Å². The molecule has 0 aliphatic heterocycles. The maximum absolute atomic E-state index is 13.7. The fourth-order valence-electron chi connectivity index (χ4n) is 2.11. The first-order chi connectivity index (χ1) is 11.5.